The molecule has 0 N–H and O–H groups in total. The summed E-state index contributed by atoms with van der Waals surface area (Å²) in [6, 6.07) is 20.3. The number of ketones is 1. The standard InChI is InChI=1S/C26H22O/c27-25(20-19-21-11-7-8-12-21)26(24-17-9-10-18-24,22-13-3-1-4-14-22)23-15-5-2-6-16-23/h1-18H,19-20H2. The Balaban J connectivity index is 1.75. The van der Waals surface area contributed by atoms with Crippen LogP contribution in [0.4, 0.5) is 0 Å². The lowest BCUT2D eigenvalue weighted by Gasteiger charge is -2.39. The van der Waals surface area contributed by atoms with Crippen LogP contribution in [-0.2, 0) is 10.2 Å². The molecule has 0 saturated heterocycles. The minimum absolute atomic E-state index is 0.229. The highest BCUT2D eigenvalue weighted by Gasteiger charge is 2.49. The third-order valence-electron chi connectivity index (χ3n) is 5.30. The highest BCUT2D eigenvalue weighted by atomic mass is 16.1. The van der Waals surface area contributed by atoms with E-state index in [1.54, 1.807) is 0 Å². The molecule has 2 aromatic rings. The molecule has 27 heavy (non-hydrogen) atoms. The first-order valence-corrected chi connectivity index (χ1v) is 9.39. The van der Waals surface area contributed by atoms with Gasteiger partial charge in [0.25, 0.3) is 0 Å². The summed E-state index contributed by atoms with van der Waals surface area (Å²) in [4.78, 5) is 13.9. The van der Waals surface area contributed by atoms with E-state index in [9.17, 15) is 4.79 Å². The average Bonchev–Trinajstić information content (AvgIpc) is 3.43. The van der Waals surface area contributed by atoms with Gasteiger partial charge in [0.1, 0.15) is 5.78 Å². The zero-order valence-corrected chi connectivity index (χ0v) is 15.2. The molecule has 2 aliphatic rings. The summed E-state index contributed by atoms with van der Waals surface area (Å²) in [6.07, 6.45) is 17.6. The van der Waals surface area contributed by atoms with Crippen LogP contribution in [0.1, 0.15) is 24.0 Å². The predicted molar refractivity (Wildman–Crippen MR) is 109 cm³/mol. The second-order valence-electron chi connectivity index (χ2n) is 6.87. The van der Waals surface area contributed by atoms with E-state index in [4.69, 9.17) is 0 Å². The van der Waals surface area contributed by atoms with Crippen LogP contribution >= 0.6 is 0 Å². The fraction of sp³-hybridized carbons (Fsp3) is 0.115. The Morgan fingerprint density at radius 2 is 1.15 bits per heavy atom. The third-order valence-corrected chi connectivity index (χ3v) is 5.30. The van der Waals surface area contributed by atoms with Crippen molar-refractivity contribution in [2.24, 2.45) is 0 Å². The van der Waals surface area contributed by atoms with Crippen LogP contribution in [0, 0.1) is 63.2 Å². The Kier molecular flexibility index (Phi) is 5.76. The van der Waals surface area contributed by atoms with Gasteiger partial charge < -0.3 is 0 Å². The molecule has 0 bridgehead atoms. The van der Waals surface area contributed by atoms with Crippen LogP contribution in [0.2, 0.25) is 0 Å². The molecular formula is C26H22O. The summed E-state index contributed by atoms with van der Waals surface area (Å²) < 4.78 is 0. The van der Waals surface area contributed by atoms with Crippen LogP contribution in [0.5, 0.6) is 0 Å². The van der Waals surface area contributed by atoms with Gasteiger partial charge in [0.05, 0.1) is 5.41 Å². The van der Waals surface area contributed by atoms with Gasteiger partial charge in [0.2, 0.25) is 0 Å². The van der Waals surface area contributed by atoms with Crippen LogP contribution in [-0.4, -0.2) is 5.78 Å². The fourth-order valence-electron chi connectivity index (χ4n) is 4.01. The van der Waals surface area contributed by atoms with Crippen molar-refractivity contribution in [3.05, 3.63) is 135 Å². The van der Waals surface area contributed by atoms with Gasteiger partial charge in [-0.3, -0.25) is 4.79 Å². The topological polar surface area (TPSA) is 17.1 Å². The van der Waals surface area contributed by atoms with E-state index in [-0.39, 0.29) is 5.78 Å². The molecule has 2 fully saturated rings. The largest absolute Gasteiger partial charge is 0.298 e. The Hall–Kier alpha value is -1.89. The molecule has 2 aliphatic carbocycles. The van der Waals surface area contributed by atoms with Crippen molar-refractivity contribution < 1.29 is 4.79 Å². The maximum Gasteiger partial charge on any atom is 0.148 e. The molecule has 0 aliphatic heterocycles. The van der Waals surface area contributed by atoms with Gasteiger partial charge in [0.15, 0.2) is 0 Å². The van der Waals surface area contributed by atoms with E-state index in [0.717, 1.165) is 23.5 Å². The minimum Gasteiger partial charge on any atom is -0.298 e. The molecule has 4 rings (SSSR count). The van der Waals surface area contributed by atoms with Crippen molar-refractivity contribution >= 4 is 5.78 Å². The summed E-state index contributed by atoms with van der Waals surface area (Å²) in [5.74, 6) is 2.47. The lowest BCUT2D eigenvalue weighted by molar-refractivity contribution is -0.122. The minimum atomic E-state index is -0.779. The zero-order chi connectivity index (χ0) is 18.5. The third kappa shape index (κ3) is 3.61. The van der Waals surface area contributed by atoms with Crippen molar-refractivity contribution in [3.63, 3.8) is 0 Å². The predicted octanol–water partition coefficient (Wildman–Crippen LogP) is 5.13. The second kappa shape index (κ2) is 8.42. The van der Waals surface area contributed by atoms with Crippen LogP contribution < -0.4 is 0 Å². The second-order valence-corrected chi connectivity index (χ2v) is 6.87. The molecule has 0 heterocycles. The first kappa shape index (κ1) is 18.5. The molecular weight excluding hydrogens is 328 g/mol. The summed E-state index contributed by atoms with van der Waals surface area (Å²) in [6.45, 7) is 0. The lowest BCUT2D eigenvalue weighted by atomic mass is 9.61. The van der Waals surface area contributed by atoms with Crippen molar-refractivity contribution in [2.45, 2.75) is 18.3 Å². The van der Waals surface area contributed by atoms with E-state index in [2.05, 4.69) is 49.9 Å². The molecule has 10 radical (unpaired) electrons. The Labute approximate surface area is 164 Å². The van der Waals surface area contributed by atoms with Crippen LogP contribution in [0.3, 0.4) is 0 Å². The molecule has 2 saturated carbocycles. The first-order chi connectivity index (χ1) is 13.3. The highest BCUT2D eigenvalue weighted by Crippen LogP contribution is 2.48. The van der Waals surface area contributed by atoms with Crippen molar-refractivity contribution in [1.82, 2.24) is 0 Å². The van der Waals surface area contributed by atoms with Gasteiger partial charge in [-0.25, -0.2) is 0 Å². The SMILES string of the molecule is O=C(CC[C]1[CH][CH][CH][CH]1)C([C]1[CH][CH][CH][CH]1)(c1ccccc1)c1ccccc1. The number of Topliss-reactive ketones (excluding diaryl/α,β-unsaturated/α-hetero) is 1. The lowest BCUT2D eigenvalue weighted by Crippen LogP contribution is -2.42. The molecule has 132 valence electrons. The van der Waals surface area contributed by atoms with Crippen LogP contribution in [0.15, 0.2) is 60.7 Å². The van der Waals surface area contributed by atoms with Gasteiger partial charge in [-0.1, -0.05) is 60.7 Å². The van der Waals surface area contributed by atoms with Crippen LogP contribution in [0.25, 0.3) is 0 Å². The highest BCUT2D eigenvalue weighted by molar-refractivity contribution is 5.98. The Morgan fingerprint density at radius 3 is 1.67 bits per heavy atom. The number of carbonyl (C=O) groups is 1. The van der Waals surface area contributed by atoms with E-state index in [0.29, 0.717) is 6.42 Å². The number of hydrogen-bond acceptors (Lipinski definition) is 1. The number of benzene rings is 2. The number of rotatable bonds is 7. The summed E-state index contributed by atoms with van der Waals surface area (Å²) in [5.41, 5.74) is 1.27. The van der Waals surface area contributed by atoms with Gasteiger partial charge >= 0.3 is 0 Å². The Morgan fingerprint density at radius 1 is 0.667 bits per heavy atom. The maximum atomic E-state index is 13.9. The first-order valence-electron chi connectivity index (χ1n) is 9.39. The van der Waals surface area contributed by atoms with Gasteiger partial charge in [-0.2, -0.15) is 0 Å². The Bertz CT molecular complexity index is 682. The van der Waals surface area contributed by atoms with E-state index in [1.807, 2.05) is 62.1 Å². The monoisotopic (exact) mass is 350 g/mol. The van der Waals surface area contributed by atoms with Gasteiger partial charge in [0, 0.05) is 12.3 Å². The molecule has 2 aromatic carbocycles. The van der Waals surface area contributed by atoms with Gasteiger partial charge in [-0.05, 0) is 74.8 Å². The molecule has 0 spiro atoms. The zero-order valence-electron chi connectivity index (χ0n) is 15.2. The molecule has 0 atom stereocenters. The van der Waals surface area contributed by atoms with E-state index in [1.165, 1.54) is 5.92 Å². The molecule has 1 heteroatoms. The summed E-state index contributed by atoms with van der Waals surface area (Å²) >= 11 is 0. The quantitative estimate of drug-likeness (QED) is 0.676. The van der Waals surface area contributed by atoms with Gasteiger partial charge in [-0.15, -0.1) is 0 Å². The molecule has 0 unspecified atom stereocenters. The number of carbonyl (C=O) groups excluding carboxylic acids is 1. The van der Waals surface area contributed by atoms with Crippen molar-refractivity contribution in [2.75, 3.05) is 0 Å². The summed E-state index contributed by atoms with van der Waals surface area (Å²) in [7, 11) is 0. The molecule has 0 amide bonds. The average molecular weight is 350 g/mol. The van der Waals surface area contributed by atoms with E-state index < -0.39 is 5.41 Å². The normalized spacial score (nSPS) is 18.8. The van der Waals surface area contributed by atoms with Crippen molar-refractivity contribution in [3.8, 4) is 0 Å². The van der Waals surface area contributed by atoms with Crippen molar-refractivity contribution in [1.29, 1.82) is 0 Å². The fourth-order valence-corrected chi connectivity index (χ4v) is 4.01. The smallest absolute Gasteiger partial charge is 0.148 e. The molecule has 0 aromatic heterocycles. The molecule has 1 nitrogen and oxygen atoms in total. The summed E-state index contributed by atoms with van der Waals surface area (Å²) in [5, 5.41) is 0. The number of hydrogen-bond donors (Lipinski definition) is 0. The van der Waals surface area contributed by atoms with E-state index >= 15 is 0 Å². The maximum absolute atomic E-state index is 13.9.